The number of nitrogens with zero attached hydrogens (tertiary/aromatic N) is 2. The highest BCUT2D eigenvalue weighted by atomic mass is 32.2. The molecule has 30 heavy (non-hydrogen) atoms. The topological polar surface area (TPSA) is 92.0 Å². The van der Waals surface area contributed by atoms with E-state index >= 15 is 0 Å². The van der Waals surface area contributed by atoms with Gasteiger partial charge in [0.05, 0.1) is 30.0 Å². The summed E-state index contributed by atoms with van der Waals surface area (Å²) in [5.41, 5.74) is 3.73. The van der Waals surface area contributed by atoms with E-state index in [4.69, 9.17) is 4.42 Å². The van der Waals surface area contributed by atoms with Crippen LogP contribution in [0.5, 0.6) is 0 Å². The molecule has 1 aliphatic heterocycles. The van der Waals surface area contributed by atoms with Gasteiger partial charge >= 0.3 is 5.91 Å². The molecule has 0 radical (unpaired) electrons. The summed E-state index contributed by atoms with van der Waals surface area (Å²) in [7, 11) is -3.47. The first-order chi connectivity index (χ1) is 14.3. The minimum absolute atomic E-state index is 0.194. The van der Waals surface area contributed by atoms with Gasteiger partial charge in [-0.1, -0.05) is 48.0 Å². The number of furan rings is 1. The lowest BCUT2D eigenvalue weighted by atomic mass is 9.97. The Morgan fingerprint density at radius 2 is 1.83 bits per heavy atom. The molecule has 0 spiro atoms. The van der Waals surface area contributed by atoms with Gasteiger partial charge in [-0.3, -0.25) is 9.52 Å². The van der Waals surface area contributed by atoms with Crippen molar-refractivity contribution in [3.8, 4) is 0 Å². The quantitative estimate of drug-likeness (QED) is 0.673. The van der Waals surface area contributed by atoms with E-state index in [0.29, 0.717) is 23.4 Å². The number of rotatable bonds is 5. The Morgan fingerprint density at radius 1 is 1.10 bits per heavy atom. The van der Waals surface area contributed by atoms with Gasteiger partial charge in [-0.2, -0.15) is 5.10 Å². The van der Waals surface area contributed by atoms with Gasteiger partial charge < -0.3 is 4.42 Å². The third-order valence-corrected chi connectivity index (χ3v) is 5.44. The number of anilines is 1. The fourth-order valence-corrected chi connectivity index (χ4v) is 4.02. The van der Waals surface area contributed by atoms with Crippen LogP contribution in [0.2, 0.25) is 0 Å². The number of para-hydroxylation sites is 1. The molecule has 2 heterocycles. The second kappa shape index (κ2) is 7.79. The van der Waals surface area contributed by atoms with Crippen molar-refractivity contribution in [1.29, 1.82) is 0 Å². The third-order valence-electron chi connectivity index (χ3n) is 4.85. The lowest BCUT2D eigenvalue weighted by Crippen LogP contribution is -2.26. The first-order valence-corrected chi connectivity index (χ1v) is 11.3. The lowest BCUT2D eigenvalue weighted by Gasteiger charge is -2.21. The number of benzene rings is 2. The summed E-state index contributed by atoms with van der Waals surface area (Å²) in [6.45, 7) is 2.00. The van der Waals surface area contributed by atoms with Gasteiger partial charge in [0.15, 0.2) is 5.76 Å². The molecule has 0 bridgehead atoms. The van der Waals surface area contributed by atoms with E-state index in [0.717, 1.165) is 17.4 Å². The van der Waals surface area contributed by atoms with E-state index < -0.39 is 10.0 Å². The van der Waals surface area contributed by atoms with Crippen molar-refractivity contribution >= 4 is 27.3 Å². The minimum Gasteiger partial charge on any atom is -0.459 e. The molecule has 7 nitrogen and oxygen atoms in total. The van der Waals surface area contributed by atoms with Crippen molar-refractivity contribution in [3.05, 3.63) is 89.4 Å². The molecule has 0 unspecified atom stereocenters. The highest BCUT2D eigenvalue weighted by Crippen LogP contribution is 2.35. The molecule has 154 valence electrons. The van der Waals surface area contributed by atoms with Crippen LogP contribution in [0.3, 0.4) is 0 Å². The van der Waals surface area contributed by atoms with Gasteiger partial charge in [-0.15, -0.1) is 0 Å². The average molecular weight is 423 g/mol. The molecule has 1 aliphatic rings. The molecule has 8 heteroatoms. The number of hydrogen-bond donors (Lipinski definition) is 1. The maximum atomic E-state index is 13.1. The van der Waals surface area contributed by atoms with Crippen LogP contribution in [0.4, 0.5) is 5.69 Å². The molecule has 0 saturated heterocycles. The van der Waals surface area contributed by atoms with Gasteiger partial charge in [0, 0.05) is 12.0 Å². The van der Waals surface area contributed by atoms with E-state index in [-0.39, 0.29) is 17.7 Å². The van der Waals surface area contributed by atoms with Gasteiger partial charge in [0.25, 0.3) is 0 Å². The molecule has 4 rings (SSSR count). The molecule has 1 N–H and O–H groups in total. The number of carbonyl (C=O) groups is 1. The molecule has 1 aromatic heterocycles. The SMILES string of the molecule is Cc1ccc([C@@H]2CC(c3ccccc3NS(C)(=O)=O)=NN2C(=O)c2ccco2)cc1. The van der Waals surface area contributed by atoms with Crippen molar-refractivity contribution in [2.45, 2.75) is 19.4 Å². The third kappa shape index (κ3) is 4.13. The molecular formula is C22H21N3O4S. The zero-order valence-corrected chi connectivity index (χ0v) is 17.4. The maximum Gasteiger partial charge on any atom is 0.310 e. The smallest absolute Gasteiger partial charge is 0.310 e. The standard InChI is InChI=1S/C22H21N3O4S/c1-15-9-11-16(12-10-15)20-14-19(23-25(20)22(26)21-8-5-13-29-21)17-6-3-4-7-18(17)24-30(2,27)28/h3-13,20,24H,14H2,1-2H3/t20-/m0/s1. The predicted molar refractivity (Wildman–Crippen MR) is 115 cm³/mol. The van der Waals surface area contributed by atoms with Crippen LogP contribution in [0.25, 0.3) is 0 Å². The highest BCUT2D eigenvalue weighted by molar-refractivity contribution is 7.92. The van der Waals surface area contributed by atoms with Gasteiger partial charge in [-0.05, 0) is 30.7 Å². The Kier molecular flexibility index (Phi) is 5.17. The summed E-state index contributed by atoms with van der Waals surface area (Å²) in [6.07, 6.45) is 2.99. The Labute approximate surface area is 175 Å². The Hall–Kier alpha value is -3.39. The summed E-state index contributed by atoms with van der Waals surface area (Å²) in [5, 5.41) is 6.00. The van der Waals surface area contributed by atoms with E-state index in [1.807, 2.05) is 37.3 Å². The first kappa shape index (κ1) is 19.9. The minimum atomic E-state index is -3.47. The Morgan fingerprint density at radius 3 is 2.50 bits per heavy atom. The van der Waals surface area contributed by atoms with Crippen LogP contribution in [0.1, 0.15) is 39.7 Å². The molecule has 2 aromatic carbocycles. The zero-order chi connectivity index (χ0) is 21.3. The number of hydrogen-bond acceptors (Lipinski definition) is 5. The van der Waals surface area contributed by atoms with Gasteiger partial charge in [-0.25, -0.2) is 13.4 Å². The molecule has 0 aliphatic carbocycles. The lowest BCUT2D eigenvalue weighted by molar-refractivity contribution is 0.0678. The van der Waals surface area contributed by atoms with E-state index in [9.17, 15) is 13.2 Å². The summed E-state index contributed by atoms with van der Waals surface area (Å²) < 4.78 is 31.4. The first-order valence-electron chi connectivity index (χ1n) is 9.40. The summed E-state index contributed by atoms with van der Waals surface area (Å²) >= 11 is 0. The second-order valence-electron chi connectivity index (χ2n) is 7.22. The van der Waals surface area contributed by atoms with Crippen LogP contribution < -0.4 is 4.72 Å². The number of nitrogens with one attached hydrogen (secondary N) is 1. The molecule has 0 fully saturated rings. The van der Waals surface area contributed by atoms with Crippen LogP contribution >= 0.6 is 0 Å². The molecule has 1 amide bonds. The van der Waals surface area contributed by atoms with Crippen molar-refractivity contribution in [1.82, 2.24) is 5.01 Å². The van der Waals surface area contributed by atoms with Crippen molar-refractivity contribution in [2.24, 2.45) is 5.10 Å². The second-order valence-corrected chi connectivity index (χ2v) is 8.97. The van der Waals surface area contributed by atoms with E-state index in [1.54, 1.807) is 30.3 Å². The van der Waals surface area contributed by atoms with Crippen LogP contribution in [0, 0.1) is 6.92 Å². The number of carbonyl (C=O) groups excluding carboxylic acids is 1. The Balaban J connectivity index is 1.76. The zero-order valence-electron chi connectivity index (χ0n) is 16.6. The molecule has 1 atom stereocenters. The summed E-state index contributed by atoms with van der Waals surface area (Å²) in [5.74, 6) is -0.159. The van der Waals surface area contributed by atoms with Crippen molar-refractivity contribution < 1.29 is 17.6 Å². The Bertz CT molecular complexity index is 1200. The largest absolute Gasteiger partial charge is 0.459 e. The van der Waals surface area contributed by atoms with Gasteiger partial charge in [0.2, 0.25) is 10.0 Å². The maximum absolute atomic E-state index is 13.1. The van der Waals surface area contributed by atoms with Gasteiger partial charge in [0.1, 0.15) is 0 Å². The fraction of sp³-hybridized carbons (Fsp3) is 0.182. The van der Waals surface area contributed by atoms with Crippen molar-refractivity contribution in [2.75, 3.05) is 11.0 Å². The summed E-state index contributed by atoms with van der Waals surface area (Å²) in [4.78, 5) is 13.1. The van der Waals surface area contributed by atoms with Crippen LogP contribution in [-0.4, -0.2) is 31.3 Å². The number of amides is 1. The predicted octanol–water partition coefficient (Wildman–Crippen LogP) is 3.95. The molecule has 3 aromatic rings. The van der Waals surface area contributed by atoms with E-state index in [1.165, 1.54) is 11.3 Å². The molecule has 0 saturated carbocycles. The van der Waals surface area contributed by atoms with Crippen LogP contribution in [0.15, 0.2) is 76.4 Å². The fourth-order valence-electron chi connectivity index (χ4n) is 3.45. The number of aryl methyl sites for hydroxylation is 1. The monoisotopic (exact) mass is 423 g/mol. The number of hydrazone groups is 1. The summed E-state index contributed by atoms with van der Waals surface area (Å²) in [6, 6.07) is 17.9. The van der Waals surface area contributed by atoms with Crippen molar-refractivity contribution in [3.63, 3.8) is 0 Å². The highest BCUT2D eigenvalue weighted by Gasteiger charge is 2.35. The van der Waals surface area contributed by atoms with E-state index in [2.05, 4.69) is 9.82 Å². The van der Waals surface area contributed by atoms with Crippen LogP contribution in [-0.2, 0) is 10.0 Å². The molecular weight excluding hydrogens is 402 g/mol. The number of sulfonamides is 1. The average Bonchev–Trinajstić information content (AvgIpc) is 3.38. The normalized spacial score (nSPS) is 16.4.